The van der Waals surface area contributed by atoms with Crippen LogP contribution >= 0.6 is 22.9 Å². The Morgan fingerprint density at radius 1 is 1.17 bits per heavy atom. The van der Waals surface area contributed by atoms with E-state index < -0.39 is 10.0 Å². The number of carbonyl (C=O) groups excluding carboxylic acids is 1. The highest BCUT2D eigenvalue weighted by Crippen LogP contribution is 2.37. The number of rotatable bonds is 8. The second-order valence-corrected chi connectivity index (χ2v) is 11.8. The van der Waals surface area contributed by atoms with E-state index in [1.54, 1.807) is 36.4 Å². The van der Waals surface area contributed by atoms with Crippen molar-refractivity contribution in [1.82, 2.24) is 4.98 Å². The molecule has 1 aliphatic carbocycles. The van der Waals surface area contributed by atoms with Crippen molar-refractivity contribution in [3.63, 3.8) is 0 Å². The van der Waals surface area contributed by atoms with Crippen LogP contribution in [0.15, 0.2) is 41.3 Å². The fraction of sp³-hybridized carbons (Fsp3) is 0.360. The number of hydrogen-bond donors (Lipinski definition) is 2. The van der Waals surface area contributed by atoms with Crippen molar-refractivity contribution in [2.75, 3.05) is 17.1 Å². The summed E-state index contributed by atoms with van der Waals surface area (Å²) in [7, 11) is -2.55. The van der Waals surface area contributed by atoms with Crippen LogP contribution in [-0.2, 0) is 14.8 Å². The maximum absolute atomic E-state index is 13.3. The Bertz CT molecular complexity index is 1350. The van der Waals surface area contributed by atoms with E-state index in [4.69, 9.17) is 16.3 Å². The molecular weight excluding hydrogens is 506 g/mol. The molecule has 1 fully saturated rings. The summed E-state index contributed by atoms with van der Waals surface area (Å²) in [4.78, 5) is 17.7. The molecule has 0 radical (unpaired) electrons. The van der Waals surface area contributed by atoms with Crippen LogP contribution in [0.5, 0.6) is 5.75 Å². The molecule has 1 aliphatic rings. The molecule has 1 saturated carbocycles. The highest BCUT2D eigenvalue weighted by Gasteiger charge is 2.23. The van der Waals surface area contributed by atoms with Gasteiger partial charge in [0, 0.05) is 11.4 Å². The van der Waals surface area contributed by atoms with Gasteiger partial charge < -0.3 is 10.1 Å². The Kier molecular flexibility index (Phi) is 7.68. The third-order valence-corrected chi connectivity index (χ3v) is 9.06. The molecule has 186 valence electrons. The van der Waals surface area contributed by atoms with Crippen molar-refractivity contribution < 1.29 is 17.9 Å². The normalized spacial score (nSPS) is 14.2. The van der Waals surface area contributed by atoms with Crippen molar-refractivity contribution >= 4 is 49.7 Å². The third-order valence-electron chi connectivity index (χ3n) is 6.13. The molecule has 4 rings (SSSR count). The number of amides is 1. The Morgan fingerprint density at radius 3 is 2.60 bits per heavy atom. The average Bonchev–Trinajstić information content (AvgIpc) is 3.45. The number of sulfonamides is 1. The number of methoxy groups -OCH3 is 1. The number of aryl methyl sites for hydroxylation is 2. The number of nitrogens with zero attached hydrogens (tertiary/aromatic N) is 1. The van der Waals surface area contributed by atoms with Crippen LogP contribution in [0.25, 0.3) is 10.4 Å². The lowest BCUT2D eigenvalue weighted by molar-refractivity contribution is -0.117. The number of anilines is 2. The quantitative estimate of drug-likeness (QED) is 0.348. The van der Waals surface area contributed by atoms with Gasteiger partial charge >= 0.3 is 0 Å². The van der Waals surface area contributed by atoms with Crippen molar-refractivity contribution in [3.05, 3.63) is 52.7 Å². The molecule has 10 heteroatoms. The van der Waals surface area contributed by atoms with E-state index in [1.165, 1.54) is 31.3 Å². The van der Waals surface area contributed by atoms with Crippen molar-refractivity contribution in [2.45, 2.75) is 50.8 Å². The summed E-state index contributed by atoms with van der Waals surface area (Å²) in [6.45, 7) is 3.68. The molecule has 1 heterocycles. The summed E-state index contributed by atoms with van der Waals surface area (Å²) in [6.07, 6.45) is 5.08. The second kappa shape index (κ2) is 10.6. The molecule has 0 atom stereocenters. The number of aromatic nitrogens is 1. The van der Waals surface area contributed by atoms with Crippen LogP contribution in [0, 0.1) is 19.8 Å². The third kappa shape index (κ3) is 5.97. The Labute approximate surface area is 214 Å². The molecule has 0 unspecified atom stereocenters. The molecule has 35 heavy (non-hydrogen) atoms. The monoisotopic (exact) mass is 533 g/mol. The first kappa shape index (κ1) is 25.5. The zero-order valence-corrected chi connectivity index (χ0v) is 22.2. The first-order valence-corrected chi connectivity index (χ1v) is 14.1. The van der Waals surface area contributed by atoms with Gasteiger partial charge in [0.25, 0.3) is 10.0 Å². The summed E-state index contributed by atoms with van der Waals surface area (Å²) in [5.74, 6) is 0.628. The molecule has 2 aromatic carbocycles. The van der Waals surface area contributed by atoms with E-state index in [-0.39, 0.29) is 16.6 Å². The van der Waals surface area contributed by atoms with Crippen molar-refractivity contribution in [1.29, 1.82) is 0 Å². The zero-order valence-electron chi connectivity index (χ0n) is 19.9. The van der Waals surface area contributed by atoms with Crippen LogP contribution in [0.4, 0.5) is 10.8 Å². The van der Waals surface area contributed by atoms with E-state index >= 15 is 0 Å². The minimum atomic E-state index is -3.97. The van der Waals surface area contributed by atoms with Gasteiger partial charge in [0.15, 0.2) is 5.13 Å². The smallest absolute Gasteiger partial charge is 0.265 e. The van der Waals surface area contributed by atoms with Crippen molar-refractivity contribution in [3.8, 4) is 16.2 Å². The molecule has 1 aromatic heterocycles. The number of halogens is 1. The van der Waals surface area contributed by atoms with Gasteiger partial charge in [0.1, 0.15) is 10.6 Å². The van der Waals surface area contributed by atoms with E-state index in [2.05, 4.69) is 15.0 Å². The summed E-state index contributed by atoms with van der Waals surface area (Å²) in [5, 5.41) is 3.88. The Morgan fingerprint density at radius 2 is 1.91 bits per heavy atom. The van der Waals surface area contributed by atoms with Gasteiger partial charge in [-0.2, -0.15) is 0 Å². The summed E-state index contributed by atoms with van der Waals surface area (Å²) in [6, 6.07) is 9.93. The van der Waals surface area contributed by atoms with E-state index in [1.807, 2.05) is 13.8 Å². The predicted molar refractivity (Wildman–Crippen MR) is 141 cm³/mol. The number of nitrogens with one attached hydrogen (secondary N) is 2. The maximum atomic E-state index is 13.3. The van der Waals surface area contributed by atoms with Gasteiger partial charge in [-0.3, -0.25) is 9.52 Å². The number of ether oxygens (including phenoxy) is 1. The number of thiazole rings is 1. The lowest BCUT2D eigenvalue weighted by Gasteiger charge is -2.13. The van der Waals surface area contributed by atoms with Crippen LogP contribution in [0.1, 0.15) is 43.4 Å². The summed E-state index contributed by atoms with van der Waals surface area (Å²) >= 11 is 7.48. The van der Waals surface area contributed by atoms with Crippen LogP contribution in [0.3, 0.4) is 0 Å². The molecule has 0 saturated heterocycles. The highest BCUT2D eigenvalue weighted by atomic mass is 35.5. The largest absolute Gasteiger partial charge is 0.495 e. The molecule has 3 aromatic rings. The topological polar surface area (TPSA) is 97.4 Å². The van der Waals surface area contributed by atoms with Crippen LogP contribution < -0.4 is 14.8 Å². The van der Waals surface area contributed by atoms with Gasteiger partial charge in [-0.15, -0.1) is 0 Å². The first-order valence-electron chi connectivity index (χ1n) is 11.4. The fourth-order valence-corrected chi connectivity index (χ4v) is 6.66. The van der Waals surface area contributed by atoms with E-state index in [0.29, 0.717) is 39.4 Å². The number of hydrogen-bond acceptors (Lipinski definition) is 6. The Balaban J connectivity index is 1.59. The molecule has 0 aliphatic heterocycles. The standard InChI is InChI=1S/C25H28ClN3O4S2/c1-15-8-10-19(14-20(15)26)29-35(31,32)22-13-18(9-11-21(22)33-3)24-16(2)27-25(34-24)28-23(30)12-17-6-4-5-7-17/h8-11,13-14,17,29H,4-7,12H2,1-3H3,(H,27,28,30). The summed E-state index contributed by atoms with van der Waals surface area (Å²) < 4.78 is 34.4. The van der Waals surface area contributed by atoms with Gasteiger partial charge in [0.05, 0.1) is 23.4 Å². The molecule has 0 spiro atoms. The first-order chi connectivity index (χ1) is 16.7. The summed E-state index contributed by atoms with van der Waals surface area (Å²) in [5.41, 5.74) is 2.58. The van der Waals surface area contributed by atoms with Crippen LogP contribution in [-0.4, -0.2) is 26.4 Å². The lowest BCUT2D eigenvalue weighted by Crippen LogP contribution is -2.14. The molecule has 0 bridgehead atoms. The average molecular weight is 534 g/mol. The molecule has 2 N–H and O–H groups in total. The predicted octanol–water partition coefficient (Wildman–Crippen LogP) is 6.41. The molecule has 7 nitrogen and oxygen atoms in total. The highest BCUT2D eigenvalue weighted by molar-refractivity contribution is 7.92. The zero-order chi connectivity index (χ0) is 25.2. The van der Waals surface area contributed by atoms with E-state index in [9.17, 15) is 13.2 Å². The minimum absolute atomic E-state index is 0.00573. The number of benzene rings is 2. The lowest BCUT2D eigenvalue weighted by atomic mass is 10.0. The van der Waals surface area contributed by atoms with Gasteiger partial charge in [-0.25, -0.2) is 13.4 Å². The maximum Gasteiger partial charge on any atom is 0.265 e. The van der Waals surface area contributed by atoms with Crippen LogP contribution in [0.2, 0.25) is 5.02 Å². The van der Waals surface area contributed by atoms with Crippen molar-refractivity contribution in [2.24, 2.45) is 5.92 Å². The van der Waals surface area contributed by atoms with Gasteiger partial charge in [-0.1, -0.05) is 41.8 Å². The molecular formula is C25H28ClN3O4S2. The van der Waals surface area contributed by atoms with Gasteiger partial charge in [-0.05, 0) is 74.1 Å². The van der Waals surface area contributed by atoms with E-state index in [0.717, 1.165) is 23.3 Å². The second-order valence-electron chi connectivity index (χ2n) is 8.77. The minimum Gasteiger partial charge on any atom is -0.495 e. The Hall–Kier alpha value is -2.62. The number of carbonyl (C=O) groups is 1. The van der Waals surface area contributed by atoms with Gasteiger partial charge in [0.2, 0.25) is 5.91 Å². The fourth-order valence-electron chi connectivity index (χ4n) is 4.26. The SMILES string of the molecule is COc1ccc(-c2sc(NC(=O)CC3CCCC3)nc2C)cc1S(=O)(=O)Nc1ccc(C)c(Cl)c1. The molecule has 1 amide bonds.